The van der Waals surface area contributed by atoms with E-state index in [4.69, 9.17) is 22.1 Å². The maximum atomic E-state index is 6.09. The van der Waals surface area contributed by atoms with Crippen molar-refractivity contribution in [2.24, 2.45) is 5.73 Å². The molecule has 0 aliphatic carbocycles. The summed E-state index contributed by atoms with van der Waals surface area (Å²) in [6.07, 6.45) is 0.920. The van der Waals surface area contributed by atoms with Gasteiger partial charge in [-0.05, 0) is 43.5 Å². The van der Waals surface area contributed by atoms with Crippen LogP contribution in [0.3, 0.4) is 0 Å². The first-order valence-electron chi connectivity index (χ1n) is 5.06. The van der Waals surface area contributed by atoms with Crippen molar-refractivity contribution in [1.29, 1.82) is 0 Å². The van der Waals surface area contributed by atoms with E-state index in [1.54, 1.807) is 7.11 Å². The molecule has 1 aromatic carbocycles. The van der Waals surface area contributed by atoms with E-state index < -0.39 is 0 Å². The molecule has 3 heteroatoms. The summed E-state index contributed by atoms with van der Waals surface area (Å²) >= 11 is 6.08. The first kappa shape index (κ1) is 12.3. The number of rotatable bonds is 3. The van der Waals surface area contributed by atoms with Crippen LogP contribution in [0.2, 0.25) is 5.02 Å². The van der Waals surface area contributed by atoms with Crippen molar-refractivity contribution in [3.63, 3.8) is 0 Å². The van der Waals surface area contributed by atoms with E-state index in [1.807, 2.05) is 26.0 Å². The Morgan fingerprint density at radius 1 is 1.40 bits per heavy atom. The number of benzene rings is 1. The van der Waals surface area contributed by atoms with Gasteiger partial charge >= 0.3 is 0 Å². The van der Waals surface area contributed by atoms with Gasteiger partial charge in [0.15, 0.2) is 0 Å². The van der Waals surface area contributed by atoms with Crippen LogP contribution in [0, 0.1) is 0 Å². The fraction of sp³-hybridized carbons (Fsp3) is 0.500. The van der Waals surface area contributed by atoms with Gasteiger partial charge in [0.05, 0.1) is 12.1 Å². The molecule has 0 atom stereocenters. The first-order valence-corrected chi connectivity index (χ1v) is 5.43. The van der Waals surface area contributed by atoms with Crippen LogP contribution >= 0.6 is 11.6 Å². The van der Waals surface area contributed by atoms with Gasteiger partial charge in [0.2, 0.25) is 0 Å². The Kier molecular flexibility index (Phi) is 3.63. The minimum atomic E-state index is -0.374. The molecule has 2 nitrogen and oxygen atoms in total. The van der Waals surface area contributed by atoms with Crippen LogP contribution in [0.4, 0.5) is 0 Å². The highest BCUT2D eigenvalue weighted by Crippen LogP contribution is 2.32. The van der Waals surface area contributed by atoms with Crippen molar-refractivity contribution in [2.45, 2.75) is 32.7 Å². The zero-order valence-corrected chi connectivity index (χ0v) is 10.5. The molecule has 15 heavy (non-hydrogen) atoms. The average Bonchev–Trinajstić information content (AvgIpc) is 2.16. The van der Waals surface area contributed by atoms with Gasteiger partial charge in [0.1, 0.15) is 5.75 Å². The molecular formula is C12H18ClNO. The highest BCUT2D eigenvalue weighted by Gasteiger charge is 2.19. The predicted octanol–water partition coefficient (Wildman–Crippen LogP) is 3.10. The Morgan fingerprint density at radius 3 is 2.40 bits per heavy atom. The molecule has 0 fully saturated rings. The summed E-state index contributed by atoms with van der Waals surface area (Å²) in [5.41, 5.74) is 7.98. The monoisotopic (exact) mass is 227 g/mol. The molecule has 0 aliphatic rings. The Bertz CT molecular complexity index is 355. The zero-order chi connectivity index (χ0) is 11.6. The highest BCUT2D eigenvalue weighted by atomic mass is 35.5. The summed E-state index contributed by atoms with van der Waals surface area (Å²) in [5.74, 6) is 0.710. The molecule has 0 radical (unpaired) electrons. The normalized spacial score (nSPS) is 11.6. The molecule has 0 bridgehead atoms. The first-order chi connectivity index (χ1) is 6.90. The van der Waals surface area contributed by atoms with Crippen molar-refractivity contribution >= 4 is 11.6 Å². The molecule has 0 amide bonds. The number of ether oxygens (including phenoxy) is 1. The molecular weight excluding hydrogens is 210 g/mol. The minimum Gasteiger partial charge on any atom is -0.495 e. The number of aryl methyl sites for hydroxylation is 1. The number of hydrogen-bond acceptors (Lipinski definition) is 2. The molecule has 1 rings (SSSR count). The molecule has 84 valence electrons. The smallest absolute Gasteiger partial charge is 0.137 e. The lowest BCUT2D eigenvalue weighted by Gasteiger charge is -2.23. The van der Waals surface area contributed by atoms with Gasteiger partial charge in [0, 0.05) is 5.54 Å². The largest absolute Gasteiger partial charge is 0.495 e. The average molecular weight is 228 g/mol. The molecule has 0 saturated carbocycles. The summed E-state index contributed by atoms with van der Waals surface area (Å²) in [6.45, 7) is 6.05. The quantitative estimate of drug-likeness (QED) is 0.861. The van der Waals surface area contributed by atoms with Gasteiger partial charge < -0.3 is 10.5 Å². The van der Waals surface area contributed by atoms with Crippen LogP contribution in [-0.4, -0.2) is 7.11 Å². The summed E-state index contributed by atoms with van der Waals surface area (Å²) in [6, 6.07) is 3.87. The molecule has 0 saturated heterocycles. The summed E-state index contributed by atoms with van der Waals surface area (Å²) < 4.78 is 5.18. The van der Waals surface area contributed by atoms with E-state index in [1.165, 1.54) is 5.56 Å². The maximum absolute atomic E-state index is 6.09. The van der Waals surface area contributed by atoms with E-state index in [-0.39, 0.29) is 5.54 Å². The number of hydrogen-bond donors (Lipinski definition) is 1. The van der Waals surface area contributed by atoms with Gasteiger partial charge in [-0.15, -0.1) is 0 Å². The second-order valence-electron chi connectivity index (χ2n) is 4.22. The molecule has 2 N–H and O–H groups in total. The van der Waals surface area contributed by atoms with Crippen LogP contribution < -0.4 is 10.5 Å². The third-order valence-electron chi connectivity index (χ3n) is 2.45. The van der Waals surface area contributed by atoms with Gasteiger partial charge in [-0.1, -0.05) is 18.5 Å². The third-order valence-corrected chi connectivity index (χ3v) is 2.75. The van der Waals surface area contributed by atoms with Crippen LogP contribution in [0.15, 0.2) is 12.1 Å². The fourth-order valence-electron chi connectivity index (χ4n) is 1.64. The fourth-order valence-corrected chi connectivity index (χ4v) is 1.89. The molecule has 0 heterocycles. The maximum Gasteiger partial charge on any atom is 0.137 e. The van der Waals surface area contributed by atoms with Crippen molar-refractivity contribution in [3.8, 4) is 5.75 Å². The van der Waals surface area contributed by atoms with Crippen LogP contribution in [0.25, 0.3) is 0 Å². The van der Waals surface area contributed by atoms with Crippen molar-refractivity contribution in [3.05, 3.63) is 28.3 Å². The Balaban J connectivity index is 3.34. The standard InChI is InChI=1S/C12H18ClNO/c1-5-8-6-11(15-4)10(13)7-9(8)12(2,3)14/h6-7H,5,14H2,1-4H3. The molecule has 0 unspecified atom stereocenters. The lowest BCUT2D eigenvalue weighted by molar-refractivity contribution is 0.413. The van der Waals surface area contributed by atoms with E-state index in [2.05, 4.69) is 6.92 Å². The molecule has 0 aliphatic heterocycles. The second kappa shape index (κ2) is 4.42. The Morgan fingerprint density at radius 2 is 2.00 bits per heavy atom. The van der Waals surface area contributed by atoms with Crippen LogP contribution in [0.5, 0.6) is 5.75 Å². The Labute approximate surface area is 96.4 Å². The van der Waals surface area contributed by atoms with Gasteiger partial charge in [-0.3, -0.25) is 0 Å². The van der Waals surface area contributed by atoms with E-state index in [9.17, 15) is 0 Å². The van der Waals surface area contributed by atoms with Gasteiger partial charge in [-0.2, -0.15) is 0 Å². The van der Waals surface area contributed by atoms with Crippen LogP contribution in [0.1, 0.15) is 31.9 Å². The second-order valence-corrected chi connectivity index (χ2v) is 4.63. The Hall–Kier alpha value is -0.730. The third kappa shape index (κ3) is 2.64. The lowest BCUT2D eigenvalue weighted by Crippen LogP contribution is -2.30. The topological polar surface area (TPSA) is 35.2 Å². The highest BCUT2D eigenvalue weighted by molar-refractivity contribution is 6.32. The lowest BCUT2D eigenvalue weighted by atomic mass is 9.90. The van der Waals surface area contributed by atoms with E-state index in [0.717, 1.165) is 12.0 Å². The van der Waals surface area contributed by atoms with Crippen molar-refractivity contribution < 1.29 is 4.74 Å². The number of halogens is 1. The van der Waals surface area contributed by atoms with E-state index >= 15 is 0 Å². The predicted molar refractivity (Wildman–Crippen MR) is 64.6 cm³/mol. The number of nitrogens with two attached hydrogens (primary N) is 1. The molecule has 1 aromatic rings. The number of methoxy groups -OCH3 is 1. The molecule has 0 spiro atoms. The van der Waals surface area contributed by atoms with E-state index in [0.29, 0.717) is 10.8 Å². The SMILES string of the molecule is CCc1cc(OC)c(Cl)cc1C(C)(C)N. The van der Waals surface area contributed by atoms with Crippen molar-refractivity contribution in [2.75, 3.05) is 7.11 Å². The summed E-state index contributed by atoms with van der Waals surface area (Å²) in [5, 5.41) is 0.614. The molecule has 0 aromatic heterocycles. The van der Waals surface area contributed by atoms with Crippen LogP contribution in [-0.2, 0) is 12.0 Å². The van der Waals surface area contributed by atoms with Crippen molar-refractivity contribution in [1.82, 2.24) is 0 Å². The van der Waals surface area contributed by atoms with Gasteiger partial charge in [-0.25, -0.2) is 0 Å². The summed E-state index contributed by atoms with van der Waals surface area (Å²) in [7, 11) is 1.62. The zero-order valence-electron chi connectivity index (χ0n) is 9.73. The summed E-state index contributed by atoms with van der Waals surface area (Å²) in [4.78, 5) is 0. The minimum absolute atomic E-state index is 0.374. The van der Waals surface area contributed by atoms with Gasteiger partial charge in [0.25, 0.3) is 0 Å².